The Labute approximate surface area is 440 Å². The molecule has 19 heteroatoms. The molecule has 0 spiro atoms. The van der Waals surface area contributed by atoms with Gasteiger partial charge in [-0.1, -0.05) is 153 Å². The number of ether oxygens (including phenoxy) is 6. The van der Waals surface area contributed by atoms with Crippen molar-refractivity contribution in [2.45, 2.75) is 279 Å². The van der Waals surface area contributed by atoms with Crippen molar-refractivity contribution in [2.24, 2.45) is 0 Å². The quantitative estimate of drug-likeness (QED) is 0.0307. The van der Waals surface area contributed by atoms with Gasteiger partial charge in [0.05, 0.1) is 38.6 Å². The molecule has 0 aromatic heterocycles. The average Bonchev–Trinajstić information content (AvgIpc) is 3.40. The fraction of sp³-hybridized carbons (Fsp3) is 0.873. The van der Waals surface area contributed by atoms with E-state index in [-0.39, 0.29) is 18.9 Å². The Morgan fingerprint density at radius 3 is 1.42 bits per heavy atom. The van der Waals surface area contributed by atoms with Crippen LogP contribution in [0.5, 0.6) is 0 Å². The van der Waals surface area contributed by atoms with E-state index in [0.717, 1.165) is 83.5 Å². The molecule has 0 saturated carbocycles. The second kappa shape index (κ2) is 39.4. The molecular formula is C55H99NO18. The van der Waals surface area contributed by atoms with Crippen LogP contribution in [0, 0.1) is 0 Å². The lowest BCUT2D eigenvalue weighted by Crippen LogP contribution is -2.66. The fourth-order valence-electron chi connectivity index (χ4n) is 9.49. The minimum atomic E-state index is -1.97. The van der Waals surface area contributed by atoms with Crippen molar-refractivity contribution in [2.75, 3.05) is 26.4 Å². The molecule has 3 aliphatic heterocycles. The summed E-state index contributed by atoms with van der Waals surface area (Å²) in [5, 5.41) is 120. The second-order valence-corrected chi connectivity index (χ2v) is 20.4. The van der Waals surface area contributed by atoms with E-state index in [1.807, 2.05) is 0 Å². The van der Waals surface area contributed by atoms with Gasteiger partial charge < -0.3 is 89.9 Å². The van der Waals surface area contributed by atoms with Crippen molar-refractivity contribution >= 4 is 5.91 Å². The second-order valence-electron chi connectivity index (χ2n) is 20.4. The van der Waals surface area contributed by atoms with Gasteiger partial charge in [-0.05, 0) is 51.4 Å². The number of amides is 1. The van der Waals surface area contributed by atoms with Gasteiger partial charge in [-0.25, -0.2) is 0 Å². The Balaban J connectivity index is 1.50. The summed E-state index contributed by atoms with van der Waals surface area (Å²) in [5.41, 5.74) is 0. The number of hydrogen-bond donors (Lipinski definition) is 12. The Morgan fingerprint density at radius 2 is 0.892 bits per heavy atom. The van der Waals surface area contributed by atoms with Crippen LogP contribution in [0.2, 0.25) is 0 Å². The molecule has 3 saturated heterocycles. The van der Waals surface area contributed by atoms with Gasteiger partial charge in [0.1, 0.15) is 73.2 Å². The predicted molar refractivity (Wildman–Crippen MR) is 277 cm³/mol. The number of nitrogens with one attached hydrogen (secondary N) is 1. The number of aliphatic hydroxyl groups excluding tert-OH is 11. The highest BCUT2D eigenvalue weighted by Crippen LogP contribution is 2.33. The molecule has 0 aliphatic carbocycles. The van der Waals surface area contributed by atoms with Gasteiger partial charge in [0.2, 0.25) is 5.91 Å². The highest BCUT2D eigenvalue weighted by molar-refractivity contribution is 5.76. The van der Waals surface area contributed by atoms with E-state index in [1.165, 1.54) is 57.8 Å². The van der Waals surface area contributed by atoms with E-state index >= 15 is 0 Å². The number of allylic oxidation sites excluding steroid dienone is 6. The first-order valence-electron chi connectivity index (χ1n) is 28.2. The number of carbonyl (C=O) groups is 1. The van der Waals surface area contributed by atoms with Crippen LogP contribution in [0.1, 0.15) is 174 Å². The summed E-state index contributed by atoms with van der Waals surface area (Å²) in [6.45, 7) is 1.70. The molecule has 3 heterocycles. The number of carbonyl (C=O) groups excluding carboxylic acids is 1. The molecule has 17 unspecified atom stereocenters. The van der Waals surface area contributed by atoms with E-state index in [2.05, 4.69) is 55.6 Å². The molecule has 17 atom stereocenters. The Kier molecular flexibility index (Phi) is 35.3. The summed E-state index contributed by atoms with van der Waals surface area (Å²) in [7, 11) is 0. The maximum Gasteiger partial charge on any atom is 0.220 e. The molecule has 3 rings (SSSR count). The molecule has 432 valence electrons. The molecule has 0 bridgehead atoms. The van der Waals surface area contributed by atoms with E-state index in [1.54, 1.807) is 0 Å². The predicted octanol–water partition coefficient (Wildman–Crippen LogP) is 3.76. The zero-order chi connectivity index (χ0) is 54.1. The van der Waals surface area contributed by atoms with Crippen molar-refractivity contribution in [3.05, 3.63) is 36.5 Å². The molecule has 1 amide bonds. The first kappa shape index (κ1) is 66.3. The molecular weight excluding hydrogens is 963 g/mol. The first-order valence-corrected chi connectivity index (χ1v) is 28.2. The zero-order valence-electron chi connectivity index (χ0n) is 44.6. The lowest BCUT2D eigenvalue weighted by atomic mass is 9.96. The largest absolute Gasteiger partial charge is 0.394 e. The van der Waals surface area contributed by atoms with Crippen LogP contribution in [0.4, 0.5) is 0 Å². The molecule has 19 nitrogen and oxygen atoms in total. The van der Waals surface area contributed by atoms with E-state index in [4.69, 9.17) is 28.4 Å². The maximum atomic E-state index is 13.3. The SMILES string of the molecule is CCCCC/C=C\C/C=C\C/C=C\CCCCCCCCC(=O)NC(COC1OC(CO)C(OC2OC(CO)C(OC3OC(CO)C(O)C(O)C3O)C(O)C2O)C(O)C1O)C(O)CCCCCCCCCCCC. The van der Waals surface area contributed by atoms with Crippen molar-refractivity contribution in [3.8, 4) is 0 Å². The zero-order valence-corrected chi connectivity index (χ0v) is 44.6. The number of aliphatic hydroxyl groups is 11. The number of rotatable bonds is 40. The fourth-order valence-corrected chi connectivity index (χ4v) is 9.49. The third-order valence-electron chi connectivity index (χ3n) is 14.2. The summed E-state index contributed by atoms with van der Waals surface area (Å²) in [6.07, 6.45) is 12.4. The van der Waals surface area contributed by atoms with Gasteiger partial charge in [0.15, 0.2) is 18.9 Å². The molecule has 3 fully saturated rings. The summed E-state index contributed by atoms with van der Waals surface area (Å²) >= 11 is 0. The van der Waals surface area contributed by atoms with Gasteiger partial charge >= 0.3 is 0 Å². The third-order valence-corrected chi connectivity index (χ3v) is 14.2. The molecule has 12 N–H and O–H groups in total. The van der Waals surface area contributed by atoms with Crippen molar-refractivity contribution in [1.82, 2.24) is 5.32 Å². The van der Waals surface area contributed by atoms with Gasteiger partial charge in [0, 0.05) is 6.42 Å². The minimum absolute atomic E-state index is 0.251. The van der Waals surface area contributed by atoms with Gasteiger partial charge in [0.25, 0.3) is 0 Å². The van der Waals surface area contributed by atoms with Crippen LogP contribution in [0.15, 0.2) is 36.5 Å². The van der Waals surface area contributed by atoms with Crippen LogP contribution in [0.3, 0.4) is 0 Å². The van der Waals surface area contributed by atoms with Crippen LogP contribution in [-0.4, -0.2) is 193 Å². The number of unbranched alkanes of at least 4 members (excludes halogenated alkanes) is 18. The molecule has 0 aromatic carbocycles. The summed E-state index contributed by atoms with van der Waals surface area (Å²) < 4.78 is 34.2. The maximum absolute atomic E-state index is 13.3. The highest BCUT2D eigenvalue weighted by Gasteiger charge is 2.53. The van der Waals surface area contributed by atoms with Gasteiger partial charge in [-0.2, -0.15) is 0 Å². The lowest BCUT2D eigenvalue weighted by Gasteiger charge is -2.48. The Bertz CT molecular complexity index is 1500. The topological polar surface area (TPSA) is 307 Å². The van der Waals surface area contributed by atoms with Crippen molar-refractivity contribution in [3.63, 3.8) is 0 Å². The van der Waals surface area contributed by atoms with E-state index in [0.29, 0.717) is 12.8 Å². The Morgan fingerprint density at radius 1 is 0.486 bits per heavy atom. The van der Waals surface area contributed by atoms with E-state index in [9.17, 15) is 61.0 Å². The van der Waals surface area contributed by atoms with Crippen LogP contribution in [-0.2, 0) is 33.2 Å². The standard InChI is InChI=1S/C55H99NO18/c1-3-5-7-9-11-13-15-16-17-18-19-20-21-22-23-25-27-29-31-33-43(61)56-38(39(60)32-30-28-26-24-14-12-10-8-6-4-2)37-69-53-49(67)46(64)51(41(35-58)71-53)74-55-50(68)47(65)52(42(36-59)72-55)73-54-48(66)45(63)44(62)40(34-57)70-54/h11,13,16-17,19-20,38-42,44-55,57-60,62-68H,3-10,12,14-15,18,21-37H2,1-2H3,(H,56,61)/b13-11-,17-16-,20-19-. The lowest BCUT2D eigenvalue weighted by molar-refractivity contribution is -0.379. The van der Waals surface area contributed by atoms with Crippen LogP contribution < -0.4 is 5.32 Å². The normalized spacial score (nSPS) is 31.7. The summed E-state index contributed by atoms with van der Waals surface area (Å²) in [4.78, 5) is 13.3. The highest BCUT2D eigenvalue weighted by atomic mass is 16.8. The molecule has 0 aromatic rings. The average molecular weight is 1060 g/mol. The Hall–Kier alpha value is -1.99. The van der Waals surface area contributed by atoms with Gasteiger partial charge in [-0.3, -0.25) is 4.79 Å². The summed E-state index contributed by atoms with van der Waals surface area (Å²) in [5.74, 6) is -0.259. The van der Waals surface area contributed by atoms with E-state index < -0.39 is 124 Å². The van der Waals surface area contributed by atoms with Crippen molar-refractivity contribution in [1.29, 1.82) is 0 Å². The molecule has 3 aliphatic rings. The third kappa shape index (κ3) is 23.9. The van der Waals surface area contributed by atoms with Crippen LogP contribution in [0.25, 0.3) is 0 Å². The first-order chi connectivity index (χ1) is 35.8. The van der Waals surface area contributed by atoms with Gasteiger partial charge in [-0.15, -0.1) is 0 Å². The smallest absolute Gasteiger partial charge is 0.220 e. The van der Waals surface area contributed by atoms with Crippen molar-refractivity contribution < 1.29 is 89.4 Å². The molecule has 74 heavy (non-hydrogen) atoms. The summed E-state index contributed by atoms with van der Waals surface area (Å²) in [6, 6.07) is -0.892. The molecule has 0 radical (unpaired) electrons. The van der Waals surface area contributed by atoms with Crippen LogP contribution >= 0.6 is 0 Å². The minimum Gasteiger partial charge on any atom is -0.394 e. The number of hydrogen-bond acceptors (Lipinski definition) is 18. The monoisotopic (exact) mass is 1060 g/mol.